The molecule has 4 heteroatoms. The molecule has 0 aromatic heterocycles. The summed E-state index contributed by atoms with van der Waals surface area (Å²) in [6, 6.07) is 7.88. The molecular weight excluding hydrogens is 242 g/mol. The van der Waals surface area contributed by atoms with Crippen LogP contribution in [0.15, 0.2) is 24.3 Å². The Morgan fingerprint density at radius 2 is 1.79 bits per heavy atom. The molecule has 0 saturated heterocycles. The van der Waals surface area contributed by atoms with Gasteiger partial charge in [0.1, 0.15) is 6.61 Å². The zero-order valence-corrected chi connectivity index (χ0v) is 12.2. The molecule has 1 aromatic rings. The largest absolute Gasteiger partial charge is 0.382 e. The second-order valence-electron chi connectivity index (χ2n) is 5.42. The maximum absolute atomic E-state index is 11.6. The van der Waals surface area contributed by atoms with Crippen LogP contribution in [-0.4, -0.2) is 32.8 Å². The van der Waals surface area contributed by atoms with Gasteiger partial charge in [-0.15, -0.1) is 0 Å². The summed E-state index contributed by atoms with van der Waals surface area (Å²) in [5.41, 5.74) is 2.14. The molecule has 0 atom stereocenters. The molecule has 4 nitrogen and oxygen atoms in total. The molecule has 0 aliphatic rings. The molecule has 0 fully saturated rings. The second kappa shape index (κ2) is 7.26. The molecule has 19 heavy (non-hydrogen) atoms. The minimum absolute atomic E-state index is 0.0460. The quantitative estimate of drug-likeness (QED) is 0.804. The van der Waals surface area contributed by atoms with Crippen LogP contribution in [0.3, 0.4) is 0 Å². The summed E-state index contributed by atoms with van der Waals surface area (Å²) >= 11 is 0. The lowest BCUT2D eigenvalue weighted by Gasteiger charge is -2.19. The second-order valence-corrected chi connectivity index (χ2v) is 5.42. The number of nitrogens with one attached hydrogen (secondary N) is 1. The lowest BCUT2D eigenvalue weighted by atomic mass is 9.87. The molecule has 0 saturated carbocycles. The third-order valence-electron chi connectivity index (χ3n) is 2.70. The summed E-state index contributed by atoms with van der Waals surface area (Å²) < 4.78 is 9.98. The number of hydrogen-bond acceptors (Lipinski definition) is 3. The number of carbonyl (C=O) groups excluding carboxylic acids is 1. The number of methoxy groups -OCH3 is 1. The van der Waals surface area contributed by atoms with Crippen molar-refractivity contribution in [3.63, 3.8) is 0 Å². The molecule has 0 aliphatic heterocycles. The lowest BCUT2D eigenvalue weighted by Crippen LogP contribution is -2.19. The fraction of sp³-hybridized carbons (Fsp3) is 0.533. The number of rotatable bonds is 6. The Kier molecular flexibility index (Phi) is 5.99. The van der Waals surface area contributed by atoms with Gasteiger partial charge in [-0.05, 0) is 23.1 Å². The van der Waals surface area contributed by atoms with E-state index in [0.717, 1.165) is 5.69 Å². The van der Waals surface area contributed by atoms with E-state index in [9.17, 15) is 4.79 Å². The van der Waals surface area contributed by atoms with E-state index in [4.69, 9.17) is 9.47 Å². The molecule has 1 rings (SSSR count). The predicted molar refractivity (Wildman–Crippen MR) is 76.5 cm³/mol. The minimum atomic E-state index is -0.153. The van der Waals surface area contributed by atoms with Gasteiger partial charge >= 0.3 is 0 Å². The van der Waals surface area contributed by atoms with Gasteiger partial charge in [-0.2, -0.15) is 0 Å². The Hall–Kier alpha value is -1.39. The normalized spacial score (nSPS) is 11.4. The summed E-state index contributed by atoms with van der Waals surface area (Å²) in [6.07, 6.45) is 0. The van der Waals surface area contributed by atoms with Crippen molar-refractivity contribution in [2.45, 2.75) is 26.2 Å². The van der Waals surface area contributed by atoms with Gasteiger partial charge in [-0.1, -0.05) is 32.9 Å². The van der Waals surface area contributed by atoms with Crippen LogP contribution in [0.25, 0.3) is 0 Å². The van der Waals surface area contributed by atoms with E-state index in [1.54, 1.807) is 7.11 Å². The van der Waals surface area contributed by atoms with Gasteiger partial charge in [0.15, 0.2) is 0 Å². The fourth-order valence-corrected chi connectivity index (χ4v) is 1.56. The Balaban J connectivity index is 2.43. The van der Waals surface area contributed by atoms with Crippen LogP contribution in [0.2, 0.25) is 0 Å². The first-order chi connectivity index (χ1) is 8.93. The van der Waals surface area contributed by atoms with E-state index in [-0.39, 0.29) is 17.9 Å². The zero-order chi connectivity index (χ0) is 14.3. The van der Waals surface area contributed by atoms with Gasteiger partial charge in [-0.3, -0.25) is 4.79 Å². The first-order valence-corrected chi connectivity index (χ1v) is 6.40. The average Bonchev–Trinajstić information content (AvgIpc) is 2.34. The van der Waals surface area contributed by atoms with Crippen LogP contribution < -0.4 is 5.32 Å². The molecule has 1 N–H and O–H groups in total. The third-order valence-corrected chi connectivity index (χ3v) is 2.70. The Labute approximate surface area is 115 Å². The van der Waals surface area contributed by atoms with Crippen LogP contribution >= 0.6 is 0 Å². The average molecular weight is 265 g/mol. The van der Waals surface area contributed by atoms with Crippen molar-refractivity contribution in [2.24, 2.45) is 0 Å². The van der Waals surface area contributed by atoms with Gasteiger partial charge < -0.3 is 14.8 Å². The molecule has 0 spiro atoms. The van der Waals surface area contributed by atoms with Crippen molar-refractivity contribution in [1.82, 2.24) is 0 Å². The zero-order valence-electron chi connectivity index (χ0n) is 12.2. The van der Waals surface area contributed by atoms with Crippen molar-refractivity contribution in [3.8, 4) is 0 Å². The molecule has 1 aromatic carbocycles. The van der Waals surface area contributed by atoms with E-state index in [1.807, 2.05) is 24.3 Å². The summed E-state index contributed by atoms with van der Waals surface area (Å²) in [5.74, 6) is -0.153. The molecule has 0 radical (unpaired) electrons. The van der Waals surface area contributed by atoms with Crippen LogP contribution in [0.1, 0.15) is 26.3 Å². The summed E-state index contributed by atoms with van der Waals surface area (Å²) in [6.45, 7) is 7.43. The molecule has 0 bridgehead atoms. The number of hydrogen-bond donors (Lipinski definition) is 1. The van der Waals surface area contributed by atoms with Crippen LogP contribution in [0.4, 0.5) is 5.69 Å². The van der Waals surface area contributed by atoms with Gasteiger partial charge in [0.05, 0.1) is 13.2 Å². The number of anilines is 1. The molecule has 0 aliphatic carbocycles. The van der Waals surface area contributed by atoms with E-state index >= 15 is 0 Å². The van der Waals surface area contributed by atoms with Crippen molar-refractivity contribution >= 4 is 11.6 Å². The molecular formula is C15H23NO3. The topological polar surface area (TPSA) is 47.6 Å². The Morgan fingerprint density at radius 3 is 2.32 bits per heavy atom. The fourth-order valence-electron chi connectivity index (χ4n) is 1.56. The molecule has 0 unspecified atom stereocenters. The third kappa shape index (κ3) is 5.85. The standard InChI is InChI=1S/C15H23NO3/c1-15(2,3)12-5-7-13(8-6-12)16-14(17)11-19-10-9-18-4/h5-8H,9-11H2,1-4H3,(H,16,17). The molecule has 106 valence electrons. The van der Waals surface area contributed by atoms with Crippen molar-refractivity contribution in [1.29, 1.82) is 0 Å². The number of amides is 1. The molecule has 1 amide bonds. The summed E-state index contributed by atoms with van der Waals surface area (Å²) in [4.78, 5) is 11.6. The maximum Gasteiger partial charge on any atom is 0.250 e. The summed E-state index contributed by atoms with van der Waals surface area (Å²) in [7, 11) is 1.60. The van der Waals surface area contributed by atoms with Gasteiger partial charge in [-0.25, -0.2) is 0 Å². The summed E-state index contributed by atoms with van der Waals surface area (Å²) in [5, 5.41) is 2.79. The number of benzene rings is 1. The highest BCUT2D eigenvalue weighted by molar-refractivity contribution is 5.91. The van der Waals surface area contributed by atoms with E-state index in [0.29, 0.717) is 13.2 Å². The SMILES string of the molecule is COCCOCC(=O)Nc1ccc(C(C)(C)C)cc1. The van der Waals surface area contributed by atoms with Crippen molar-refractivity contribution < 1.29 is 14.3 Å². The van der Waals surface area contributed by atoms with Gasteiger partial charge in [0.25, 0.3) is 0 Å². The van der Waals surface area contributed by atoms with Crippen LogP contribution in [0, 0.1) is 0 Å². The predicted octanol–water partition coefficient (Wildman–Crippen LogP) is 2.59. The first-order valence-electron chi connectivity index (χ1n) is 6.40. The first kappa shape index (κ1) is 15.7. The smallest absolute Gasteiger partial charge is 0.250 e. The van der Waals surface area contributed by atoms with Gasteiger partial charge in [0.2, 0.25) is 5.91 Å². The van der Waals surface area contributed by atoms with E-state index in [2.05, 4.69) is 26.1 Å². The highest BCUT2D eigenvalue weighted by Crippen LogP contribution is 2.23. The van der Waals surface area contributed by atoms with Crippen LogP contribution in [0.5, 0.6) is 0 Å². The highest BCUT2D eigenvalue weighted by Gasteiger charge is 2.13. The Morgan fingerprint density at radius 1 is 1.16 bits per heavy atom. The molecule has 0 heterocycles. The number of carbonyl (C=O) groups is 1. The monoisotopic (exact) mass is 265 g/mol. The Bertz CT molecular complexity index is 393. The minimum Gasteiger partial charge on any atom is -0.382 e. The van der Waals surface area contributed by atoms with Crippen LogP contribution in [-0.2, 0) is 19.7 Å². The van der Waals surface area contributed by atoms with Crippen molar-refractivity contribution in [2.75, 3.05) is 32.2 Å². The van der Waals surface area contributed by atoms with E-state index < -0.39 is 0 Å². The lowest BCUT2D eigenvalue weighted by molar-refractivity contribution is -0.121. The van der Waals surface area contributed by atoms with Gasteiger partial charge in [0, 0.05) is 12.8 Å². The van der Waals surface area contributed by atoms with E-state index in [1.165, 1.54) is 5.56 Å². The highest BCUT2D eigenvalue weighted by atomic mass is 16.5. The maximum atomic E-state index is 11.6. The van der Waals surface area contributed by atoms with Crippen molar-refractivity contribution in [3.05, 3.63) is 29.8 Å². The number of ether oxygens (including phenoxy) is 2.